The van der Waals surface area contributed by atoms with E-state index in [4.69, 9.17) is 0 Å². The molecule has 2 amide bonds. The van der Waals surface area contributed by atoms with Crippen molar-refractivity contribution in [1.29, 1.82) is 0 Å². The fourth-order valence-electron chi connectivity index (χ4n) is 3.31. The molecule has 2 aromatic rings. The Bertz CT molecular complexity index is 947. The summed E-state index contributed by atoms with van der Waals surface area (Å²) >= 11 is 0. The van der Waals surface area contributed by atoms with E-state index in [9.17, 15) is 4.79 Å². The van der Waals surface area contributed by atoms with Gasteiger partial charge < -0.3 is 5.32 Å². The quantitative estimate of drug-likeness (QED) is 0.687. The molecule has 2 aromatic carbocycles. The molecule has 1 heterocycles. The van der Waals surface area contributed by atoms with Crippen LogP contribution in [-0.2, 0) is 0 Å². The van der Waals surface area contributed by atoms with E-state index in [2.05, 4.69) is 74.8 Å². The van der Waals surface area contributed by atoms with Gasteiger partial charge in [0.05, 0.1) is 0 Å². The number of benzene rings is 2. The minimum absolute atomic E-state index is 0.00337. The molecule has 0 radical (unpaired) electrons. The molecule has 4 nitrogen and oxygen atoms in total. The van der Waals surface area contributed by atoms with Gasteiger partial charge in [-0.15, -0.1) is 10.1 Å². The van der Waals surface area contributed by atoms with Crippen LogP contribution in [0.1, 0.15) is 49.1 Å². The number of amides is 2. The van der Waals surface area contributed by atoms with Crippen LogP contribution in [0.25, 0.3) is 0 Å². The Hall–Kier alpha value is -2.88. The fraction of sp³-hybridized carbons (Fsp3) is 0.333. The predicted octanol–water partition coefficient (Wildman–Crippen LogP) is 5.46. The van der Waals surface area contributed by atoms with Gasteiger partial charge in [-0.3, -0.25) is 0 Å². The van der Waals surface area contributed by atoms with Gasteiger partial charge in [-0.1, -0.05) is 68.3 Å². The standard InChI is InChI=1S/C24H29N3O/c1-16-7-10-19(11-8-16)22-14-20(24(4,5)6)15-27(22)26-23(28)25-21-12-9-17(2)13-18(21)3/h7-15,22H,1-6H3,(H-,25,26,28)/p+1. The molecule has 0 saturated carbocycles. The number of nitrogens with one attached hydrogen (secondary N) is 2. The molecule has 3 rings (SSSR count). The van der Waals surface area contributed by atoms with Crippen LogP contribution in [0.4, 0.5) is 10.5 Å². The van der Waals surface area contributed by atoms with E-state index in [0.29, 0.717) is 0 Å². The van der Waals surface area contributed by atoms with E-state index in [1.54, 1.807) is 0 Å². The third-order valence-electron chi connectivity index (χ3n) is 5.06. The molecule has 1 unspecified atom stereocenters. The SMILES string of the molecule is Cc1ccc(C2C=C(C(C)(C)C)C=[N+]2NC(=O)Nc2ccc(C)cc2C)cc1. The molecule has 0 aliphatic carbocycles. The number of hydrazine groups is 1. The first-order valence-electron chi connectivity index (χ1n) is 9.70. The summed E-state index contributed by atoms with van der Waals surface area (Å²) < 4.78 is 1.89. The van der Waals surface area contributed by atoms with Gasteiger partial charge in [-0.25, -0.2) is 4.79 Å². The number of hydrogen-bond acceptors (Lipinski definition) is 1. The Morgan fingerprint density at radius 1 is 0.964 bits per heavy atom. The number of hydrogen-bond donors (Lipinski definition) is 2. The van der Waals surface area contributed by atoms with Crippen LogP contribution in [0, 0.1) is 26.2 Å². The Balaban J connectivity index is 1.83. The van der Waals surface area contributed by atoms with Crippen molar-refractivity contribution in [1.82, 2.24) is 5.43 Å². The Morgan fingerprint density at radius 2 is 1.61 bits per heavy atom. The van der Waals surface area contributed by atoms with Crippen molar-refractivity contribution in [2.45, 2.75) is 47.6 Å². The van der Waals surface area contributed by atoms with E-state index in [-0.39, 0.29) is 17.5 Å². The van der Waals surface area contributed by atoms with Crippen LogP contribution in [0.3, 0.4) is 0 Å². The number of anilines is 1. The van der Waals surface area contributed by atoms with Crippen molar-refractivity contribution in [3.05, 3.63) is 76.4 Å². The number of nitrogens with zero attached hydrogens (tertiary/aromatic N) is 1. The van der Waals surface area contributed by atoms with Gasteiger partial charge in [-0.2, -0.15) is 0 Å². The number of urea groups is 1. The lowest BCUT2D eigenvalue weighted by Gasteiger charge is -2.15. The maximum Gasteiger partial charge on any atom is 0.372 e. The van der Waals surface area contributed by atoms with Crippen molar-refractivity contribution in [2.24, 2.45) is 5.41 Å². The predicted molar refractivity (Wildman–Crippen MR) is 116 cm³/mol. The number of hydrazone groups is 1. The maximum atomic E-state index is 12.7. The number of aryl methyl sites for hydroxylation is 3. The van der Waals surface area contributed by atoms with Gasteiger partial charge in [0, 0.05) is 22.9 Å². The summed E-state index contributed by atoms with van der Waals surface area (Å²) in [5, 5.41) is 2.96. The van der Waals surface area contributed by atoms with Gasteiger partial charge in [0.1, 0.15) is 0 Å². The summed E-state index contributed by atoms with van der Waals surface area (Å²) in [6, 6.07) is 14.2. The zero-order chi connectivity index (χ0) is 20.5. The molecule has 0 bridgehead atoms. The number of carbonyl (C=O) groups excluding carboxylic acids is 1. The highest BCUT2D eigenvalue weighted by atomic mass is 16.2. The van der Waals surface area contributed by atoms with Crippen LogP contribution in [0.2, 0.25) is 0 Å². The Labute approximate surface area is 168 Å². The summed E-state index contributed by atoms with van der Waals surface area (Å²) in [4.78, 5) is 12.7. The lowest BCUT2D eigenvalue weighted by Crippen LogP contribution is -2.39. The van der Waals surface area contributed by atoms with Gasteiger partial charge in [0.15, 0.2) is 6.21 Å². The summed E-state index contributed by atoms with van der Waals surface area (Å²) in [6.45, 7) is 12.7. The average Bonchev–Trinajstić information content (AvgIpc) is 3.02. The average molecular weight is 377 g/mol. The summed E-state index contributed by atoms with van der Waals surface area (Å²) in [5.41, 5.74) is 9.62. The molecule has 0 saturated heterocycles. The molecular weight excluding hydrogens is 346 g/mol. The van der Waals surface area contributed by atoms with E-state index in [0.717, 1.165) is 16.8 Å². The first-order valence-corrected chi connectivity index (χ1v) is 9.70. The summed E-state index contributed by atoms with van der Waals surface area (Å²) in [5.74, 6) is 0. The monoisotopic (exact) mass is 376 g/mol. The second-order valence-corrected chi connectivity index (χ2v) is 8.65. The van der Waals surface area contributed by atoms with Crippen LogP contribution in [-0.4, -0.2) is 16.9 Å². The molecule has 28 heavy (non-hydrogen) atoms. The molecule has 0 fully saturated rings. The highest BCUT2D eigenvalue weighted by molar-refractivity contribution is 5.90. The molecule has 0 spiro atoms. The van der Waals surface area contributed by atoms with Gasteiger partial charge in [-0.05, 0) is 37.8 Å². The lowest BCUT2D eigenvalue weighted by molar-refractivity contribution is -0.595. The molecule has 146 valence electrons. The molecule has 1 aliphatic rings. The minimum Gasteiger partial charge on any atom is -0.304 e. The Kier molecular flexibility index (Phi) is 5.41. The normalized spacial score (nSPS) is 16.4. The molecular formula is C24H30N3O+. The molecule has 1 aliphatic heterocycles. The maximum absolute atomic E-state index is 12.7. The highest BCUT2D eigenvalue weighted by Gasteiger charge is 2.34. The third kappa shape index (κ3) is 4.50. The van der Waals surface area contributed by atoms with Crippen molar-refractivity contribution < 1.29 is 9.48 Å². The largest absolute Gasteiger partial charge is 0.372 e. The van der Waals surface area contributed by atoms with Crippen LogP contribution in [0.5, 0.6) is 0 Å². The first kappa shape index (κ1) is 19.9. The lowest BCUT2D eigenvalue weighted by atomic mass is 9.87. The highest BCUT2D eigenvalue weighted by Crippen LogP contribution is 2.32. The number of carbonyl (C=O) groups is 1. The van der Waals surface area contributed by atoms with Crippen molar-refractivity contribution >= 4 is 17.9 Å². The van der Waals surface area contributed by atoms with Crippen molar-refractivity contribution in [3.63, 3.8) is 0 Å². The van der Waals surface area contributed by atoms with Gasteiger partial charge in [0.2, 0.25) is 6.04 Å². The second-order valence-electron chi connectivity index (χ2n) is 8.65. The molecule has 2 N–H and O–H groups in total. The first-order chi connectivity index (χ1) is 13.1. The van der Waals surface area contributed by atoms with E-state index >= 15 is 0 Å². The van der Waals surface area contributed by atoms with Crippen molar-refractivity contribution in [3.8, 4) is 0 Å². The molecule has 4 heteroatoms. The minimum atomic E-state index is -0.246. The van der Waals surface area contributed by atoms with E-state index in [1.165, 1.54) is 16.7 Å². The smallest absolute Gasteiger partial charge is 0.304 e. The molecule has 0 aromatic heterocycles. The van der Waals surface area contributed by atoms with Crippen LogP contribution in [0.15, 0.2) is 54.1 Å². The van der Waals surface area contributed by atoms with Crippen LogP contribution >= 0.6 is 0 Å². The summed E-state index contributed by atoms with van der Waals surface area (Å²) in [7, 11) is 0. The summed E-state index contributed by atoms with van der Waals surface area (Å²) in [6.07, 6.45) is 4.26. The zero-order valence-corrected chi connectivity index (χ0v) is 17.6. The van der Waals surface area contributed by atoms with Gasteiger partial charge in [0.25, 0.3) is 0 Å². The number of allylic oxidation sites excluding steroid dienone is 1. The zero-order valence-electron chi connectivity index (χ0n) is 17.6. The topological polar surface area (TPSA) is 44.1 Å². The van der Waals surface area contributed by atoms with Crippen LogP contribution < -0.4 is 10.7 Å². The molecule has 1 atom stereocenters. The van der Waals surface area contributed by atoms with E-state index in [1.807, 2.05) is 36.9 Å². The fourth-order valence-corrected chi connectivity index (χ4v) is 3.31. The van der Waals surface area contributed by atoms with Gasteiger partial charge >= 0.3 is 6.03 Å². The third-order valence-corrected chi connectivity index (χ3v) is 5.06. The van der Waals surface area contributed by atoms with Crippen molar-refractivity contribution in [2.75, 3.05) is 5.32 Å². The Morgan fingerprint density at radius 3 is 2.21 bits per heavy atom. The number of rotatable bonds is 3. The van der Waals surface area contributed by atoms with E-state index < -0.39 is 0 Å². The second kappa shape index (κ2) is 7.63.